The summed E-state index contributed by atoms with van der Waals surface area (Å²) in [4.78, 5) is 10.6. The van der Waals surface area contributed by atoms with E-state index in [4.69, 9.17) is 5.11 Å². The Morgan fingerprint density at radius 2 is 2.00 bits per heavy atom. The predicted molar refractivity (Wildman–Crippen MR) is 58.4 cm³/mol. The van der Waals surface area contributed by atoms with Gasteiger partial charge in [-0.2, -0.15) is 0 Å². The first-order chi connectivity index (χ1) is 7.90. The molecule has 1 fully saturated rings. The minimum absolute atomic E-state index is 0.0536. The van der Waals surface area contributed by atoms with Crippen molar-refractivity contribution in [2.75, 3.05) is 0 Å². The van der Waals surface area contributed by atoms with Gasteiger partial charge in [-0.1, -0.05) is 0 Å². The van der Waals surface area contributed by atoms with E-state index in [0.29, 0.717) is 0 Å². The standard InChI is InChI=1S/C10H11NO5S/c12-9-4-3-7(5-8(9)10(13)14)17(15,16)11-6-1-2-6/h3-6,11-12H,1-2H2,(H,13,14). The van der Waals surface area contributed by atoms with Crippen LogP contribution in [0.4, 0.5) is 0 Å². The Kier molecular flexibility index (Phi) is 2.80. The molecule has 1 saturated carbocycles. The van der Waals surface area contributed by atoms with Crippen molar-refractivity contribution in [2.45, 2.75) is 23.8 Å². The molecule has 0 aromatic heterocycles. The van der Waals surface area contributed by atoms with Crippen molar-refractivity contribution in [1.29, 1.82) is 0 Å². The van der Waals surface area contributed by atoms with Crippen molar-refractivity contribution in [2.24, 2.45) is 0 Å². The van der Waals surface area contributed by atoms with Gasteiger partial charge in [0.25, 0.3) is 0 Å². The Balaban J connectivity index is 2.38. The fourth-order valence-corrected chi connectivity index (χ4v) is 2.67. The number of carbonyl (C=O) groups is 1. The summed E-state index contributed by atoms with van der Waals surface area (Å²) in [5, 5.41) is 18.0. The molecular formula is C10H11NO5S. The third-order valence-corrected chi connectivity index (χ3v) is 3.93. The summed E-state index contributed by atoms with van der Waals surface area (Å²) >= 11 is 0. The van der Waals surface area contributed by atoms with Crippen molar-refractivity contribution < 1.29 is 23.4 Å². The number of benzene rings is 1. The van der Waals surface area contributed by atoms with Crippen molar-refractivity contribution in [1.82, 2.24) is 4.72 Å². The highest BCUT2D eigenvalue weighted by atomic mass is 32.2. The molecule has 0 aliphatic heterocycles. The molecule has 1 aliphatic carbocycles. The molecule has 0 saturated heterocycles. The summed E-state index contributed by atoms with van der Waals surface area (Å²) in [6.07, 6.45) is 1.59. The van der Waals surface area contributed by atoms with Crippen molar-refractivity contribution in [3.63, 3.8) is 0 Å². The van der Waals surface area contributed by atoms with E-state index in [0.717, 1.165) is 25.0 Å². The van der Waals surface area contributed by atoms with Gasteiger partial charge in [0.2, 0.25) is 10.0 Å². The SMILES string of the molecule is O=C(O)c1cc(S(=O)(=O)NC2CC2)ccc1O. The fourth-order valence-electron chi connectivity index (χ4n) is 1.34. The summed E-state index contributed by atoms with van der Waals surface area (Å²) in [6, 6.07) is 3.13. The number of sulfonamides is 1. The van der Waals surface area contributed by atoms with Crippen LogP contribution < -0.4 is 4.72 Å². The zero-order valence-corrected chi connectivity index (χ0v) is 9.57. The van der Waals surface area contributed by atoms with E-state index in [1.807, 2.05) is 0 Å². The molecule has 6 nitrogen and oxygen atoms in total. The first-order valence-electron chi connectivity index (χ1n) is 4.99. The highest BCUT2D eigenvalue weighted by Crippen LogP contribution is 2.25. The highest BCUT2D eigenvalue weighted by molar-refractivity contribution is 7.89. The Bertz CT molecular complexity index is 562. The lowest BCUT2D eigenvalue weighted by atomic mass is 10.2. The van der Waals surface area contributed by atoms with Gasteiger partial charge in [0, 0.05) is 6.04 Å². The summed E-state index contributed by atoms with van der Waals surface area (Å²) in [5.41, 5.74) is -0.427. The largest absolute Gasteiger partial charge is 0.507 e. The lowest BCUT2D eigenvalue weighted by Gasteiger charge is -2.07. The second-order valence-corrected chi connectivity index (χ2v) is 5.59. The van der Waals surface area contributed by atoms with Crippen molar-refractivity contribution >= 4 is 16.0 Å². The quantitative estimate of drug-likeness (QED) is 0.730. The van der Waals surface area contributed by atoms with Gasteiger partial charge in [0.05, 0.1) is 4.90 Å². The molecule has 0 atom stereocenters. The van der Waals surface area contributed by atoms with E-state index < -0.39 is 27.3 Å². The summed E-state index contributed by atoms with van der Waals surface area (Å²) in [7, 11) is -3.69. The van der Waals surface area contributed by atoms with Crippen LogP contribution >= 0.6 is 0 Å². The van der Waals surface area contributed by atoms with Gasteiger partial charge in [-0.25, -0.2) is 17.9 Å². The van der Waals surface area contributed by atoms with E-state index in [1.54, 1.807) is 0 Å². The molecule has 3 N–H and O–H groups in total. The number of hydrogen-bond acceptors (Lipinski definition) is 4. The summed E-state index contributed by atoms with van der Waals surface area (Å²) in [5.74, 6) is -1.83. The average Bonchev–Trinajstić information content (AvgIpc) is 3.00. The van der Waals surface area contributed by atoms with Crippen LogP contribution in [0, 0.1) is 0 Å². The summed E-state index contributed by atoms with van der Waals surface area (Å²) in [6.45, 7) is 0. The third kappa shape index (κ3) is 2.56. The monoisotopic (exact) mass is 257 g/mol. The number of aromatic hydroxyl groups is 1. The number of aromatic carboxylic acids is 1. The second-order valence-electron chi connectivity index (χ2n) is 3.88. The van der Waals surface area contributed by atoms with Crippen molar-refractivity contribution in [3.05, 3.63) is 23.8 Å². The van der Waals surface area contributed by atoms with E-state index in [-0.39, 0.29) is 10.9 Å². The van der Waals surface area contributed by atoms with Gasteiger partial charge in [0.1, 0.15) is 11.3 Å². The second kappa shape index (κ2) is 4.01. The smallest absolute Gasteiger partial charge is 0.339 e. The molecule has 0 spiro atoms. The van der Waals surface area contributed by atoms with Crippen LogP contribution in [0.15, 0.2) is 23.1 Å². The Morgan fingerprint density at radius 3 is 2.53 bits per heavy atom. The first kappa shape index (κ1) is 11.9. The molecule has 0 radical (unpaired) electrons. The highest BCUT2D eigenvalue weighted by Gasteiger charge is 2.28. The van der Waals surface area contributed by atoms with Gasteiger partial charge in [0.15, 0.2) is 0 Å². The lowest BCUT2D eigenvalue weighted by Crippen LogP contribution is -2.25. The molecule has 1 aliphatic rings. The van der Waals surface area contributed by atoms with Crippen LogP contribution in [0.3, 0.4) is 0 Å². The summed E-state index contributed by atoms with van der Waals surface area (Å²) < 4.78 is 26.0. The molecule has 0 heterocycles. The van der Waals surface area contributed by atoms with Crippen LogP contribution in [-0.4, -0.2) is 30.6 Å². The normalized spacial score (nSPS) is 15.8. The molecule has 92 valence electrons. The number of carboxylic acids is 1. The zero-order valence-electron chi connectivity index (χ0n) is 8.75. The van der Waals surface area contributed by atoms with Gasteiger partial charge >= 0.3 is 5.97 Å². The number of nitrogens with one attached hydrogen (secondary N) is 1. The van der Waals surface area contributed by atoms with E-state index in [2.05, 4.69) is 4.72 Å². The maximum atomic E-state index is 11.8. The minimum Gasteiger partial charge on any atom is -0.507 e. The van der Waals surface area contributed by atoms with Crippen LogP contribution in [0.1, 0.15) is 23.2 Å². The molecule has 2 rings (SSSR count). The Morgan fingerprint density at radius 1 is 1.35 bits per heavy atom. The molecule has 0 bridgehead atoms. The van der Waals surface area contributed by atoms with E-state index in [9.17, 15) is 18.3 Å². The van der Waals surface area contributed by atoms with Crippen LogP contribution in [-0.2, 0) is 10.0 Å². The predicted octanol–water partition coefficient (Wildman–Crippen LogP) is 0.531. The lowest BCUT2D eigenvalue weighted by molar-refractivity contribution is 0.0693. The minimum atomic E-state index is -3.69. The van der Waals surface area contributed by atoms with Crippen LogP contribution in [0.2, 0.25) is 0 Å². The number of phenols is 1. The van der Waals surface area contributed by atoms with Crippen molar-refractivity contribution in [3.8, 4) is 5.75 Å². The van der Waals surface area contributed by atoms with Crippen LogP contribution in [0.5, 0.6) is 5.75 Å². The maximum absolute atomic E-state index is 11.8. The number of carboxylic acid groups (broad SMARTS) is 1. The average molecular weight is 257 g/mol. The van der Waals surface area contributed by atoms with Gasteiger partial charge in [-0.05, 0) is 31.0 Å². The van der Waals surface area contributed by atoms with Gasteiger partial charge in [-0.3, -0.25) is 0 Å². The first-order valence-corrected chi connectivity index (χ1v) is 6.47. The maximum Gasteiger partial charge on any atom is 0.339 e. The molecule has 1 aromatic carbocycles. The Labute approximate surface area is 97.9 Å². The number of rotatable bonds is 4. The van der Waals surface area contributed by atoms with Gasteiger partial charge < -0.3 is 10.2 Å². The fraction of sp³-hybridized carbons (Fsp3) is 0.300. The van der Waals surface area contributed by atoms with E-state index in [1.165, 1.54) is 6.07 Å². The van der Waals surface area contributed by atoms with Crippen LogP contribution in [0.25, 0.3) is 0 Å². The number of hydrogen-bond donors (Lipinski definition) is 3. The molecule has 17 heavy (non-hydrogen) atoms. The van der Waals surface area contributed by atoms with E-state index >= 15 is 0 Å². The van der Waals surface area contributed by atoms with Gasteiger partial charge in [-0.15, -0.1) is 0 Å². The Hall–Kier alpha value is -1.60. The molecule has 0 unspecified atom stereocenters. The third-order valence-electron chi connectivity index (χ3n) is 2.41. The molecule has 1 aromatic rings. The topological polar surface area (TPSA) is 104 Å². The zero-order chi connectivity index (χ0) is 12.6. The molecule has 0 amide bonds. The molecular weight excluding hydrogens is 246 g/mol. The molecule has 7 heteroatoms.